The summed E-state index contributed by atoms with van der Waals surface area (Å²) in [6.45, 7) is 2.61. The maximum Gasteiger partial charge on any atom is 0.282 e. The van der Waals surface area contributed by atoms with Gasteiger partial charge in [-0.25, -0.2) is 4.68 Å². The van der Waals surface area contributed by atoms with Crippen molar-refractivity contribution in [3.63, 3.8) is 0 Å². The molecule has 4 aromatic rings. The van der Waals surface area contributed by atoms with E-state index in [9.17, 15) is 4.79 Å². The number of aryl methyl sites for hydroxylation is 1. The Labute approximate surface area is 190 Å². The molecule has 0 saturated carbocycles. The summed E-state index contributed by atoms with van der Waals surface area (Å²) in [4.78, 5) is 13.4. The third-order valence-corrected chi connectivity index (χ3v) is 5.95. The second-order valence-electron chi connectivity index (χ2n) is 8.07. The average molecular weight is 430 g/mol. The van der Waals surface area contributed by atoms with Crippen LogP contribution >= 0.6 is 0 Å². The lowest BCUT2D eigenvalue weighted by Gasteiger charge is -2.14. The first-order chi connectivity index (χ1) is 16.2. The predicted octanol–water partition coefficient (Wildman–Crippen LogP) is 4.63. The number of fused-ring (bicyclic) bond motifs is 3. The van der Waals surface area contributed by atoms with Crippen LogP contribution in [0, 0.1) is 13.0 Å². The van der Waals surface area contributed by atoms with Gasteiger partial charge in [-0.2, -0.15) is 14.9 Å². The van der Waals surface area contributed by atoms with Crippen LogP contribution in [0.3, 0.4) is 0 Å². The van der Waals surface area contributed by atoms with Gasteiger partial charge in [0.05, 0.1) is 22.5 Å². The summed E-state index contributed by atoms with van der Waals surface area (Å²) in [5, 5.41) is 9.83. The average Bonchev–Trinajstić information content (AvgIpc) is 3.49. The van der Waals surface area contributed by atoms with Gasteiger partial charge in [-0.15, -0.1) is 0 Å². The Morgan fingerprint density at radius 2 is 1.82 bits per heavy atom. The molecule has 0 atom stereocenters. The van der Waals surface area contributed by atoms with E-state index in [0.717, 1.165) is 33.4 Å². The fourth-order valence-corrected chi connectivity index (χ4v) is 4.27. The summed E-state index contributed by atoms with van der Waals surface area (Å²) in [5.74, 6) is 0. The molecule has 6 heteroatoms. The molecule has 2 aliphatic rings. The Balaban J connectivity index is 1.48. The van der Waals surface area contributed by atoms with Crippen molar-refractivity contribution in [3.8, 4) is 22.6 Å². The minimum atomic E-state index is -0.124. The Morgan fingerprint density at radius 3 is 2.61 bits per heavy atom. The number of aromatic nitrogens is 5. The Bertz CT molecular complexity index is 1610. The van der Waals surface area contributed by atoms with E-state index in [4.69, 9.17) is 5.10 Å². The van der Waals surface area contributed by atoms with Gasteiger partial charge in [0.2, 0.25) is 0 Å². The van der Waals surface area contributed by atoms with Crippen LogP contribution in [0.1, 0.15) is 11.1 Å². The van der Waals surface area contributed by atoms with Crippen LogP contribution in [-0.4, -0.2) is 24.1 Å². The third kappa shape index (κ3) is 3.24. The highest BCUT2D eigenvalue weighted by atomic mass is 16.1. The first-order valence-electron chi connectivity index (χ1n) is 10.8. The molecule has 159 valence electrons. The number of para-hydroxylation sites is 1. The molecule has 1 radical (unpaired) electrons. The fraction of sp³-hybridized carbons (Fsp3) is 0.0741. The molecule has 0 bridgehead atoms. The zero-order valence-corrected chi connectivity index (χ0v) is 18.0. The number of benzene rings is 3. The number of rotatable bonds is 4. The van der Waals surface area contributed by atoms with Crippen molar-refractivity contribution in [2.24, 2.45) is 0 Å². The molecule has 0 unspecified atom stereocenters. The number of pyridine rings is 1. The quantitative estimate of drug-likeness (QED) is 0.410. The van der Waals surface area contributed by atoms with Crippen molar-refractivity contribution in [1.82, 2.24) is 24.1 Å². The predicted molar refractivity (Wildman–Crippen MR) is 128 cm³/mol. The first kappa shape index (κ1) is 19.3. The fourth-order valence-electron chi connectivity index (χ4n) is 4.27. The molecule has 1 aromatic heterocycles. The molecular weight excluding hydrogens is 410 g/mol. The van der Waals surface area contributed by atoms with Gasteiger partial charge in [0, 0.05) is 30.5 Å². The molecule has 2 aliphatic heterocycles. The van der Waals surface area contributed by atoms with Gasteiger partial charge in [-0.1, -0.05) is 42.5 Å². The maximum atomic E-state index is 13.4. The third-order valence-electron chi connectivity index (χ3n) is 5.95. The number of hydrogen-bond acceptors (Lipinski definition) is 3. The smallest absolute Gasteiger partial charge is 0.282 e. The Morgan fingerprint density at radius 1 is 0.970 bits per heavy atom. The highest BCUT2D eigenvalue weighted by molar-refractivity contribution is 5.93. The zero-order valence-electron chi connectivity index (χ0n) is 18.0. The summed E-state index contributed by atoms with van der Waals surface area (Å²) >= 11 is 0. The van der Waals surface area contributed by atoms with Crippen LogP contribution in [0.25, 0.3) is 33.5 Å². The van der Waals surface area contributed by atoms with Crippen LogP contribution < -0.4 is 5.56 Å². The van der Waals surface area contributed by atoms with E-state index in [1.54, 1.807) is 6.20 Å². The summed E-state index contributed by atoms with van der Waals surface area (Å²) in [6.07, 6.45) is 5.60. The van der Waals surface area contributed by atoms with Gasteiger partial charge in [0.25, 0.3) is 5.56 Å². The normalized spacial score (nSPS) is 11.4. The lowest BCUT2D eigenvalue weighted by Crippen LogP contribution is -2.16. The number of hydrogen-bond donors (Lipinski definition) is 0. The molecule has 0 aliphatic carbocycles. The van der Waals surface area contributed by atoms with Crippen molar-refractivity contribution < 1.29 is 0 Å². The summed E-state index contributed by atoms with van der Waals surface area (Å²) in [5.41, 5.74) is 6.04. The Kier molecular flexibility index (Phi) is 4.43. The first-order valence-corrected chi connectivity index (χ1v) is 10.8. The van der Waals surface area contributed by atoms with Gasteiger partial charge < -0.3 is 4.57 Å². The lowest BCUT2D eigenvalue weighted by molar-refractivity contribution is 0.824. The second kappa shape index (κ2) is 7.60. The van der Waals surface area contributed by atoms with Crippen molar-refractivity contribution in [3.05, 3.63) is 119 Å². The summed E-state index contributed by atoms with van der Waals surface area (Å²) in [7, 11) is 0. The van der Waals surface area contributed by atoms with Gasteiger partial charge in [0.1, 0.15) is 5.69 Å². The maximum absolute atomic E-state index is 13.4. The van der Waals surface area contributed by atoms with E-state index in [0.29, 0.717) is 17.8 Å². The molecule has 3 aromatic carbocycles. The standard InChI is InChI=1S/C27H20N5O/c1-19-7-2-4-9-24(19)32-27(33)23-18-30(25-10-5-3-8-22(25)26(23)29-32)17-20-11-13-21(14-12-20)31-16-6-15-28-31/h2-7,9-16,18H,17H2,1H3. The summed E-state index contributed by atoms with van der Waals surface area (Å²) in [6, 6.07) is 27.1. The summed E-state index contributed by atoms with van der Waals surface area (Å²) < 4.78 is 5.43. The zero-order chi connectivity index (χ0) is 22.4. The van der Waals surface area contributed by atoms with Crippen LogP contribution in [0.15, 0.2) is 96.2 Å². The van der Waals surface area contributed by atoms with Gasteiger partial charge >= 0.3 is 0 Å². The molecule has 0 N–H and O–H groups in total. The van der Waals surface area contributed by atoms with E-state index >= 15 is 0 Å². The number of nitrogens with zero attached hydrogens (tertiary/aromatic N) is 5. The van der Waals surface area contributed by atoms with Gasteiger partial charge in [-0.05, 0) is 54.4 Å². The second-order valence-corrected chi connectivity index (χ2v) is 8.07. The molecule has 0 fully saturated rings. The minimum Gasteiger partial charge on any atom is -0.342 e. The van der Waals surface area contributed by atoms with Crippen LogP contribution in [0.2, 0.25) is 0 Å². The molecule has 0 spiro atoms. The molecule has 6 rings (SSSR count). The van der Waals surface area contributed by atoms with Crippen molar-refractivity contribution in [1.29, 1.82) is 0 Å². The van der Waals surface area contributed by atoms with Crippen LogP contribution in [0.4, 0.5) is 0 Å². The minimum absolute atomic E-state index is 0.124. The monoisotopic (exact) mass is 430 g/mol. The van der Waals surface area contributed by atoms with Gasteiger partial charge in [0.15, 0.2) is 0 Å². The van der Waals surface area contributed by atoms with Crippen LogP contribution in [-0.2, 0) is 6.54 Å². The van der Waals surface area contributed by atoms with Crippen molar-refractivity contribution in [2.45, 2.75) is 13.5 Å². The van der Waals surface area contributed by atoms with Crippen molar-refractivity contribution >= 4 is 10.9 Å². The van der Waals surface area contributed by atoms with Crippen LogP contribution in [0.5, 0.6) is 0 Å². The van der Waals surface area contributed by atoms with Gasteiger partial charge in [-0.3, -0.25) is 4.79 Å². The molecule has 6 nitrogen and oxygen atoms in total. The van der Waals surface area contributed by atoms with E-state index in [-0.39, 0.29) is 5.56 Å². The highest BCUT2D eigenvalue weighted by Gasteiger charge is 2.21. The molecule has 33 heavy (non-hydrogen) atoms. The SMILES string of the molecule is Cc1ccccc1-n1nc2c3[c]cccc3n(Cc3ccc(-n4cccn4)cc3)cc-2c1=O. The highest BCUT2D eigenvalue weighted by Crippen LogP contribution is 2.28. The van der Waals surface area contributed by atoms with E-state index in [2.05, 4.69) is 27.9 Å². The lowest BCUT2D eigenvalue weighted by atomic mass is 10.1. The van der Waals surface area contributed by atoms with E-state index < -0.39 is 0 Å². The van der Waals surface area contributed by atoms with Crippen molar-refractivity contribution in [2.75, 3.05) is 0 Å². The molecular formula is C27H20N5O. The molecule has 0 saturated heterocycles. The van der Waals surface area contributed by atoms with E-state index in [1.165, 1.54) is 4.68 Å². The van der Waals surface area contributed by atoms with E-state index in [1.807, 2.05) is 84.7 Å². The molecule has 0 amide bonds. The Hall–Kier alpha value is -4.45. The molecule has 3 heterocycles. The largest absolute Gasteiger partial charge is 0.342 e. The topological polar surface area (TPSA) is 57.6 Å².